The molecule has 0 bridgehead atoms. The molecule has 2 aromatic carbocycles. The Labute approximate surface area is 152 Å². The minimum atomic E-state index is -3.26. The van der Waals surface area contributed by atoms with Crippen molar-refractivity contribution in [2.24, 2.45) is 0 Å². The van der Waals surface area contributed by atoms with Gasteiger partial charge < -0.3 is 9.88 Å². The maximum atomic E-state index is 12.4. The molecule has 0 aliphatic heterocycles. The van der Waals surface area contributed by atoms with Crippen molar-refractivity contribution in [1.29, 1.82) is 0 Å². The number of hydrogen-bond acceptors (Lipinski definition) is 4. The van der Waals surface area contributed by atoms with Crippen molar-refractivity contribution in [3.05, 3.63) is 65.5 Å². The third-order valence-corrected chi connectivity index (χ3v) is 4.78. The van der Waals surface area contributed by atoms with E-state index in [-0.39, 0.29) is 18.2 Å². The highest BCUT2D eigenvalue weighted by Gasteiger charge is 2.17. The highest BCUT2D eigenvalue weighted by Crippen LogP contribution is 2.17. The summed E-state index contributed by atoms with van der Waals surface area (Å²) in [5, 5.41) is 2.88. The smallest absolute Gasteiger partial charge is 0.240 e. The Morgan fingerprint density at radius 1 is 1.15 bits per heavy atom. The Balaban J connectivity index is 1.80. The summed E-state index contributed by atoms with van der Waals surface area (Å²) in [6.07, 6.45) is 1.16. The van der Waals surface area contributed by atoms with Gasteiger partial charge in [0.25, 0.3) is 0 Å². The molecule has 0 aliphatic carbocycles. The summed E-state index contributed by atoms with van der Waals surface area (Å²) in [5.74, 6) is -0.0175. The van der Waals surface area contributed by atoms with Crippen LogP contribution in [0.5, 0.6) is 0 Å². The number of hydrogen-bond donors (Lipinski definition) is 1. The average Bonchev–Trinajstić information content (AvgIpc) is 2.89. The summed E-state index contributed by atoms with van der Waals surface area (Å²) < 4.78 is 25.1. The topological polar surface area (TPSA) is 81.1 Å². The second-order valence-corrected chi connectivity index (χ2v) is 8.58. The summed E-state index contributed by atoms with van der Waals surface area (Å²) in [4.78, 5) is 16.8. The normalized spacial score (nSPS) is 11.6. The van der Waals surface area contributed by atoms with Gasteiger partial charge in [0, 0.05) is 12.8 Å². The van der Waals surface area contributed by atoms with E-state index in [0.717, 1.165) is 22.9 Å². The number of fused-ring (bicyclic) bond motifs is 1. The Morgan fingerprint density at radius 2 is 1.92 bits per heavy atom. The van der Waals surface area contributed by atoms with Crippen molar-refractivity contribution in [2.75, 3.05) is 6.26 Å². The van der Waals surface area contributed by atoms with Crippen LogP contribution in [0.25, 0.3) is 11.0 Å². The van der Waals surface area contributed by atoms with Crippen LogP contribution in [0.1, 0.15) is 17.0 Å². The van der Waals surface area contributed by atoms with Crippen molar-refractivity contribution in [3.8, 4) is 0 Å². The number of imidazole rings is 1. The zero-order chi connectivity index (χ0) is 18.7. The first-order valence-electron chi connectivity index (χ1n) is 8.26. The molecule has 0 saturated carbocycles. The zero-order valence-electron chi connectivity index (χ0n) is 14.8. The van der Waals surface area contributed by atoms with E-state index >= 15 is 0 Å². The van der Waals surface area contributed by atoms with Gasteiger partial charge in [0.2, 0.25) is 5.91 Å². The summed E-state index contributed by atoms with van der Waals surface area (Å²) in [6, 6.07) is 15.2. The van der Waals surface area contributed by atoms with Crippen LogP contribution in [-0.4, -0.2) is 30.1 Å². The summed E-state index contributed by atoms with van der Waals surface area (Å²) in [5.41, 5.74) is 3.58. The van der Waals surface area contributed by atoms with E-state index in [1.165, 1.54) is 0 Å². The molecule has 26 heavy (non-hydrogen) atoms. The van der Waals surface area contributed by atoms with Gasteiger partial charge in [0.1, 0.15) is 18.1 Å². The van der Waals surface area contributed by atoms with Gasteiger partial charge in [0.15, 0.2) is 9.84 Å². The Morgan fingerprint density at radius 3 is 2.65 bits per heavy atom. The lowest BCUT2D eigenvalue weighted by Gasteiger charge is -2.10. The molecule has 1 aromatic heterocycles. The molecule has 0 radical (unpaired) electrons. The third kappa shape index (κ3) is 4.49. The molecule has 0 aliphatic rings. The number of benzene rings is 2. The fraction of sp³-hybridized carbons (Fsp3) is 0.263. The Kier molecular flexibility index (Phi) is 5.08. The van der Waals surface area contributed by atoms with Crippen molar-refractivity contribution in [1.82, 2.24) is 14.9 Å². The molecule has 7 heteroatoms. The van der Waals surface area contributed by atoms with Crippen LogP contribution < -0.4 is 5.32 Å². The van der Waals surface area contributed by atoms with Gasteiger partial charge in [-0.15, -0.1) is 0 Å². The molecule has 1 N–H and O–H groups in total. The fourth-order valence-electron chi connectivity index (χ4n) is 2.87. The van der Waals surface area contributed by atoms with Crippen molar-refractivity contribution in [3.63, 3.8) is 0 Å². The summed E-state index contributed by atoms with van der Waals surface area (Å²) in [6.45, 7) is 2.45. The van der Waals surface area contributed by atoms with Gasteiger partial charge in [-0.25, -0.2) is 13.4 Å². The molecule has 0 spiro atoms. The van der Waals surface area contributed by atoms with Gasteiger partial charge in [-0.2, -0.15) is 0 Å². The molecular weight excluding hydrogens is 350 g/mol. The predicted octanol–water partition coefficient (Wildman–Crippen LogP) is 2.21. The SMILES string of the molecule is Cc1cccc(CNC(=O)Cn2c(CS(C)(=O)=O)nc3ccccc32)c1. The maximum Gasteiger partial charge on any atom is 0.240 e. The van der Waals surface area contributed by atoms with E-state index in [1.54, 1.807) is 4.57 Å². The van der Waals surface area contributed by atoms with Crippen LogP contribution in [-0.2, 0) is 33.5 Å². The lowest BCUT2D eigenvalue weighted by Crippen LogP contribution is -2.28. The summed E-state index contributed by atoms with van der Waals surface area (Å²) >= 11 is 0. The molecule has 3 aromatic rings. The van der Waals surface area contributed by atoms with Gasteiger partial charge in [-0.1, -0.05) is 42.0 Å². The number of aryl methyl sites for hydroxylation is 1. The van der Waals surface area contributed by atoms with Crippen LogP contribution >= 0.6 is 0 Å². The standard InChI is InChI=1S/C19H21N3O3S/c1-14-6-5-7-15(10-14)11-20-19(23)12-22-17-9-4-3-8-16(17)21-18(22)13-26(2,24)25/h3-10H,11-13H2,1-2H3,(H,20,23). The van der Waals surface area contributed by atoms with E-state index in [0.29, 0.717) is 17.9 Å². The molecule has 0 unspecified atom stereocenters. The van der Waals surface area contributed by atoms with Crippen LogP contribution in [0.4, 0.5) is 0 Å². The Bertz CT molecular complexity index is 1050. The van der Waals surface area contributed by atoms with E-state index in [9.17, 15) is 13.2 Å². The fourth-order valence-corrected chi connectivity index (χ4v) is 3.56. The van der Waals surface area contributed by atoms with Gasteiger partial charge in [-0.05, 0) is 24.6 Å². The minimum Gasteiger partial charge on any atom is -0.350 e. The van der Waals surface area contributed by atoms with E-state index in [1.807, 2.05) is 55.5 Å². The minimum absolute atomic E-state index is 0.0250. The quantitative estimate of drug-likeness (QED) is 0.720. The number of nitrogens with one attached hydrogen (secondary N) is 1. The maximum absolute atomic E-state index is 12.4. The van der Waals surface area contributed by atoms with Crippen LogP contribution in [0.15, 0.2) is 48.5 Å². The molecule has 6 nitrogen and oxygen atoms in total. The Hall–Kier alpha value is -2.67. The molecule has 1 amide bonds. The molecular formula is C19H21N3O3S. The number of amides is 1. The van der Waals surface area contributed by atoms with Crippen molar-refractivity contribution < 1.29 is 13.2 Å². The van der Waals surface area contributed by atoms with E-state index < -0.39 is 9.84 Å². The zero-order valence-corrected chi connectivity index (χ0v) is 15.6. The lowest BCUT2D eigenvalue weighted by atomic mass is 10.1. The highest BCUT2D eigenvalue weighted by molar-refractivity contribution is 7.89. The average molecular weight is 371 g/mol. The lowest BCUT2D eigenvalue weighted by molar-refractivity contribution is -0.121. The first-order chi connectivity index (χ1) is 12.3. The number of carbonyl (C=O) groups excluding carboxylic acids is 1. The second kappa shape index (κ2) is 7.29. The number of aromatic nitrogens is 2. The van der Waals surface area contributed by atoms with E-state index in [2.05, 4.69) is 10.3 Å². The molecule has 0 saturated heterocycles. The van der Waals surface area contributed by atoms with Crippen LogP contribution in [0.3, 0.4) is 0 Å². The van der Waals surface area contributed by atoms with Gasteiger partial charge in [0.05, 0.1) is 11.0 Å². The van der Waals surface area contributed by atoms with Crippen LogP contribution in [0, 0.1) is 6.92 Å². The van der Waals surface area contributed by atoms with Crippen molar-refractivity contribution >= 4 is 26.8 Å². The number of sulfone groups is 1. The number of para-hydroxylation sites is 2. The molecule has 0 atom stereocenters. The highest BCUT2D eigenvalue weighted by atomic mass is 32.2. The predicted molar refractivity (Wildman–Crippen MR) is 101 cm³/mol. The van der Waals surface area contributed by atoms with Crippen LogP contribution in [0.2, 0.25) is 0 Å². The first kappa shape index (κ1) is 18.1. The number of rotatable bonds is 6. The summed E-state index contributed by atoms with van der Waals surface area (Å²) in [7, 11) is -3.26. The van der Waals surface area contributed by atoms with Gasteiger partial charge >= 0.3 is 0 Å². The van der Waals surface area contributed by atoms with E-state index in [4.69, 9.17) is 0 Å². The number of carbonyl (C=O) groups is 1. The van der Waals surface area contributed by atoms with Gasteiger partial charge in [-0.3, -0.25) is 4.79 Å². The molecule has 136 valence electrons. The molecule has 3 rings (SSSR count). The number of nitrogens with zero attached hydrogens (tertiary/aromatic N) is 2. The monoisotopic (exact) mass is 371 g/mol. The third-order valence-electron chi connectivity index (χ3n) is 4.00. The van der Waals surface area contributed by atoms with Crippen molar-refractivity contribution in [2.45, 2.75) is 25.8 Å². The second-order valence-electron chi connectivity index (χ2n) is 6.44. The molecule has 0 fully saturated rings. The molecule has 1 heterocycles. The largest absolute Gasteiger partial charge is 0.350 e. The first-order valence-corrected chi connectivity index (χ1v) is 10.3.